The van der Waals surface area contributed by atoms with Gasteiger partial charge in [0.05, 0.1) is 5.69 Å². The van der Waals surface area contributed by atoms with Gasteiger partial charge in [-0.25, -0.2) is 4.39 Å². The summed E-state index contributed by atoms with van der Waals surface area (Å²) in [5.74, 6) is 0.335. The molecule has 0 spiro atoms. The van der Waals surface area contributed by atoms with Gasteiger partial charge < -0.3 is 10.1 Å². The lowest BCUT2D eigenvalue weighted by atomic mass is 10.1. The van der Waals surface area contributed by atoms with Gasteiger partial charge in [0.1, 0.15) is 11.6 Å². The minimum absolute atomic E-state index is 0.313. The van der Waals surface area contributed by atoms with Crippen molar-refractivity contribution in [3.63, 3.8) is 0 Å². The number of ether oxygens (including phenoxy) is 1. The molecule has 0 aliphatic carbocycles. The second kappa shape index (κ2) is 6.01. The number of halogens is 1. The van der Waals surface area contributed by atoms with Gasteiger partial charge in [-0.2, -0.15) is 5.10 Å². The number of carbonyl (C=O) groups excluding carboxylic acids is 1. The SMILES string of the molecule is Cc1c(NC(=O)[C@@H]2Cc3cc(F)ccc3O2)n[nH]c1-c1ccncc1. The molecule has 0 bridgehead atoms. The van der Waals surface area contributed by atoms with E-state index in [-0.39, 0.29) is 11.7 Å². The summed E-state index contributed by atoms with van der Waals surface area (Å²) in [5, 5.41) is 9.88. The normalized spacial score (nSPS) is 15.5. The molecule has 3 heterocycles. The lowest BCUT2D eigenvalue weighted by molar-refractivity contribution is -0.122. The van der Waals surface area contributed by atoms with Gasteiger partial charge in [0.25, 0.3) is 5.91 Å². The minimum Gasteiger partial charge on any atom is -0.480 e. The fourth-order valence-electron chi connectivity index (χ4n) is 2.88. The van der Waals surface area contributed by atoms with E-state index in [0.717, 1.165) is 16.8 Å². The van der Waals surface area contributed by atoms with Crippen LogP contribution in [0, 0.1) is 12.7 Å². The third kappa shape index (κ3) is 2.84. The summed E-state index contributed by atoms with van der Waals surface area (Å²) in [4.78, 5) is 16.5. The number of hydrogen-bond donors (Lipinski definition) is 2. The molecular weight excluding hydrogens is 323 g/mol. The van der Waals surface area contributed by atoms with Gasteiger partial charge in [0.2, 0.25) is 0 Å². The summed E-state index contributed by atoms with van der Waals surface area (Å²) in [7, 11) is 0. The number of hydrogen-bond acceptors (Lipinski definition) is 4. The fourth-order valence-corrected chi connectivity index (χ4v) is 2.88. The van der Waals surface area contributed by atoms with Crippen molar-refractivity contribution >= 4 is 11.7 Å². The number of benzene rings is 1. The van der Waals surface area contributed by atoms with Crippen molar-refractivity contribution in [2.24, 2.45) is 0 Å². The van der Waals surface area contributed by atoms with Crippen molar-refractivity contribution in [2.45, 2.75) is 19.4 Å². The molecule has 25 heavy (non-hydrogen) atoms. The molecule has 4 rings (SSSR count). The Morgan fingerprint density at radius 1 is 1.32 bits per heavy atom. The summed E-state index contributed by atoms with van der Waals surface area (Å²) in [5.41, 5.74) is 3.26. The number of aromatic nitrogens is 3. The molecule has 126 valence electrons. The van der Waals surface area contributed by atoms with E-state index in [1.165, 1.54) is 12.1 Å². The van der Waals surface area contributed by atoms with Crippen LogP contribution in [-0.4, -0.2) is 27.2 Å². The Hall–Kier alpha value is -3.22. The first-order valence-electron chi connectivity index (χ1n) is 7.83. The first-order valence-corrected chi connectivity index (χ1v) is 7.83. The van der Waals surface area contributed by atoms with Crippen LogP contribution in [0.3, 0.4) is 0 Å². The molecule has 0 radical (unpaired) electrons. The quantitative estimate of drug-likeness (QED) is 0.769. The summed E-state index contributed by atoms with van der Waals surface area (Å²) in [6.07, 6.45) is 3.02. The van der Waals surface area contributed by atoms with E-state index < -0.39 is 6.10 Å². The summed E-state index contributed by atoms with van der Waals surface area (Å²) in [6, 6.07) is 7.97. The van der Waals surface area contributed by atoms with Crippen LogP contribution in [0.25, 0.3) is 11.3 Å². The summed E-state index contributed by atoms with van der Waals surface area (Å²) < 4.78 is 18.9. The lowest BCUT2D eigenvalue weighted by Gasteiger charge is -2.10. The minimum atomic E-state index is -0.697. The van der Waals surface area contributed by atoms with Crippen molar-refractivity contribution in [1.82, 2.24) is 15.2 Å². The van der Waals surface area contributed by atoms with Gasteiger partial charge in [-0.15, -0.1) is 0 Å². The zero-order chi connectivity index (χ0) is 17.4. The third-order valence-corrected chi connectivity index (χ3v) is 4.21. The number of fused-ring (bicyclic) bond motifs is 1. The van der Waals surface area contributed by atoms with E-state index in [4.69, 9.17) is 4.74 Å². The van der Waals surface area contributed by atoms with E-state index in [0.29, 0.717) is 23.6 Å². The molecule has 1 amide bonds. The maximum Gasteiger partial charge on any atom is 0.267 e. The second-order valence-electron chi connectivity index (χ2n) is 5.86. The second-order valence-corrected chi connectivity index (χ2v) is 5.86. The average Bonchev–Trinajstić information content (AvgIpc) is 3.19. The molecule has 1 aliphatic rings. The van der Waals surface area contributed by atoms with Crippen molar-refractivity contribution in [1.29, 1.82) is 0 Å². The van der Waals surface area contributed by atoms with Crippen molar-refractivity contribution in [3.05, 3.63) is 59.7 Å². The van der Waals surface area contributed by atoms with Gasteiger partial charge in [-0.1, -0.05) is 0 Å². The molecule has 2 aromatic heterocycles. The Balaban J connectivity index is 1.50. The Morgan fingerprint density at radius 3 is 2.92 bits per heavy atom. The van der Waals surface area contributed by atoms with Crippen LogP contribution in [0.4, 0.5) is 10.2 Å². The lowest BCUT2D eigenvalue weighted by Crippen LogP contribution is -2.31. The molecule has 1 aromatic carbocycles. The van der Waals surface area contributed by atoms with E-state index >= 15 is 0 Å². The highest BCUT2D eigenvalue weighted by molar-refractivity contribution is 5.95. The molecule has 2 N–H and O–H groups in total. The zero-order valence-corrected chi connectivity index (χ0v) is 13.4. The maximum atomic E-state index is 13.3. The molecule has 0 unspecified atom stereocenters. The molecule has 7 heteroatoms. The molecule has 1 aliphatic heterocycles. The molecule has 6 nitrogen and oxygen atoms in total. The Morgan fingerprint density at radius 2 is 2.12 bits per heavy atom. The number of aromatic amines is 1. The number of nitrogens with one attached hydrogen (secondary N) is 2. The van der Waals surface area contributed by atoms with Gasteiger partial charge in [-0.3, -0.25) is 14.9 Å². The number of anilines is 1. The first-order chi connectivity index (χ1) is 12.1. The van der Waals surface area contributed by atoms with Gasteiger partial charge in [-0.05, 0) is 37.3 Å². The maximum absolute atomic E-state index is 13.3. The van der Waals surface area contributed by atoms with Crippen LogP contribution in [0.5, 0.6) is 5.75 Å². The highest BCUT2D eigenvalue weighted by Crippen LogP contribution is 2.30. The fraction of sp³-hybridized carbons (Fsp3) is 0.167. The van der Waals surface area contributed by atoms with Crippen LogP contribution >= 0.6 is 0 Å². The molecule has 0 fully saturated rings. The third-order valence-electron chi connectivity index (χ3n) is 4.21. The molecule has 3 aromatic rings. The van der Waals surface area contributed by atoms with Crippen molar-refractivity contribution in [2.75, 3.05) is 5.32 Å². The van der Waals surface area contributed by atoms with Crippen LogP contribution < -0.4 is 10.1 Å². The number of rotatable bonds is 3. The van der Waals surface area contributed by atoms with Gasteiger partial charge in [0, 0.05) is 35.5 Å². The average molecular weight is 338 g/mol. The van der Waals surface area contributed by atoms with Gasteiger partial charge >= 0.3 is 0 Å². The molecular formula is C18H15FN4O2. The Labute approximate surface area is 143 Å². The largest absolute Gasteiger partial charge is 0.480 e. The highest BCUT2D eigenvalue weighted by atomic mass is 19.1. The molecule has 1 atom stereocenters. The highest BCUT2D eigenvalue weighted by Gasteiger charge is 2.30. The standard InChI is InChI=1S/C18H15FN4O2/c1-10-16(11-4-6-20-7-5-11)22-23-17(10)21-18(24)15-9-12-8-13(19)2-3-14(12)25-15/h2-8,15H,9H2,1H3,(H2,21,22,23,24)/t15-/m0/s1. The first kappa shape index (κ1) is 15.3. The number of pyridine rings is 1. The monoisotopic (exact) mass is 338 g/mol. The Bertz CT molecular complexity index is 940. The van der Waals surface area contributed by atoms with E-state index in [2.05, 4.69) is 20.5 Å². The van der Waals surface area contributed by atoms with E-state index in [1.807, 2.05) is 19.1 Å². The van der Waals surface area contributed by atoms with Crippen LogP contribution in [0.2, 0.25) is 0 Å². The smallest absolute Gasteiger partial charge is 0.267 e. The van der Waals surface area contributed by atoms with E-state index in [1.54, 1.807) is 18.5 Å². The number of H-pyrrole nitrogens is 1. The topological polar surface area (TPSA) is 79.9 Å². The summed E-state index contributed by atoms with van der Waals surface area (Å²) >= 11 is 0. The van der Waals surface area contributed by atoms with E-state index in [9.17, 15) is 9.18 Å². The van der Waals surface area contributed by atoms with Crippen LogP contribution in [0.1, 0.15) is 11.1 Å². The zero-order valence-electron chi connectivity index (χ0n) is 13.4. The predicted octanol–water partition coefficient (Wildman–Crippen LogP) is 2.86. The molecule has 0 saturated heterocycles. The number of amides is 1. The Kier molecular flexibility index (Phi) is 3.68. The number of carbonyl (C=O) groups is 1. The predicted molar refractivity (Wildman–Crippen MR) is 89.7 cm³/mol. The molecule has 0 saturated carbocycles. The van der Waals surface area contributed by atoms with Crippen LogP contribution in [0.15, 0.2) is 42.7 Å². The van der Waals surface area contributed by atoms with Gasteiger partial charge in [0.15, 0.2) is 11.9 Å². The summed E-state index contributed by atoms with van der Waals surface area (Å²) in [6.45, 7) is 1.87. The number of nitrogens with zero attached hydrogens (tertiary/aromatic N) is 2. The van der Waals surface area contributed by atoms with Crippen molar-refractivity contribution in [3.8, 4) is 17.0 Å². The van der Waals surface area contributed by atoms with Crippen molar-refractivity contribution < 1.29 is 13.9 Å². The van der Waals surface area contributed by atoms with Crippen LogP contribution in [-0.2, 0) is 11.2 Å².